The second kappa shape index (κ2) is 6.59. The minimum Gasteiger partial charge on any atom is -0.472 e. The van der Waals surface area contributed by atoms with Crippen molar-refractivity contribution in [2.45, 2.75) is 44.7 Å². The average molecular weight is 250 g/mol. The molecule has 1 aromatic rings. The van der Waals surface area contributed by atoms with Crippen LogP contribution < -0.4 is 5.32 Å². The third-order valence-electron chi connectivity index (χ3n) is 3.54. The summed E-state index contributed by atoms with van der Waals surface area (Å²) in [5.74, 6) is 0.212. The molecule has 18 heavy (non-hydrogen) atoms. The highest BCUT2D eigenvalue weighted by Crippen LogP contribution is 2.13. The Morgan fingerprint density at radius 1 is 1.56 bits per heavy atom. The lowest BCUT2D eigenvalue weighted by molar-refractivity contribution is -0.130. The highest BCUT2D eigenvalue weighted by molar-refractivity contribution is 5.75. The smallest absolute Gasteiger partial charge is 0.222 e. The summed E-state index contributed by atoms with van der Waals surface area (Å²) in [6.07, 6.45) is 8.67. The quantitative estimate of drug-likeness (QED) is 0.871. The predicted molar refractivity (Wildman–Crippen MR) is 70.1 cm³/mol. The lowest BCUT2D eigenvalue weighted by Crippen LogP contribution is -2.35. The third-order valence-corrected chi connectivity index (χ3v) is 3.54. The Kier molecular flexibility index (Phi) is 4.81. The number of carbonyl (C=O) groups excluding carboxylic acids is 1. The number of amides is 1. The van der Waals surface area contributed by atoms with E-state index < -0.39 is 0 Å². The first-order chi connectivity index (χ1) is 8.75. The monoisotopic (exact) mass is 250 g/mol. The summed E-state index contributed by atoms with van der Waals surface area (Å²) in [6, 6.07) is 2.43. The van der Waals surface area contributed by atoms with Gasteiger partial charge in [0.2, 0.25) is 5.91 Å². The van der Waals surface area contributed by atoms with Gasteiger partial charge in [-0.25, -0.2) is 0 Å². The first-order valence-electron chi connectivity index (χ1n) is 6.74. The number of hydrogen-bond acceptors (Lipinski definition) is 3. The fourth-order valence-electron chi connectivity index (χ4n) is 2.40. The standard InChI is InChI=1S/C14H22N2O2/c1-16(10-12-7-9-18-11-12)14(17)6-5-13-4-2-3-8-15-13/h7,9,11,13,15H,2-6,8,10H2,1H3. The predicted octanol–water partition coefficient (Wildman–Crippen LogP) is 2.16. The van der Waals surface area contributed by atoms with Gasteiger partial charge < -0.3 is 14.6 Å². The summed E-state index contributed by atoms with van der Waals surface area (Å²) in [4.78, 5) is 13.8. The van der Waals surface area contributed by atoms with Crippen LogP contribution in [-0.4, -0.2) is 30.4 Å². The van der Waals surface area contributed by atoms with Crippen LogP contribution in [0.2, 0.25) is 0 Å². The summed E-state index contributed by atoms with van der Waals surface area (Å²) < 4.78 is 5.00. The summed E-state index contributed by atoms with van der Waals surface area (Å²) in [6.45, 7) is 1.73. The van der Waals surface area contributed by atoms with Gasteiger partial charge >= 0.3 is 0 Å². The molecule has 1 amide bonds. The second-order valence-electron chi connectivity index (χ2n) is 5.07. The van der Waals surface area contributed by atoms with Crippen LogP contribution in [0, 0.1) is 0 Å². The van der Waals surface area contributed by atoms with Gasteiger partial charge in [0.25, 0.3) is 0 Å². The van der Waals surface area contributed by atoms with Crippen molar-refractivity contribution in [3.8, 4) is 0 Å². The molecule has 0 aliphatic carbocycles. The third kappa shape index (κ3) is 3.88. The van der Waals surface area contributed by atoms with E-state index in [2.05, 4.69) is 5.32 Å². The van der Waals surface area contributed by atoms with E-state index >= 15 is 0 Å². The lowest BCUT2D eigenvalue weighted by Gasteiger charge is -2.24. The number of hydrogen-bond donors (Lipinski definition) is 1. The molecule has 1 aromatic heterocycles. The van der Waals surface area contributed by atoms with Crippen molar-refractivity contribution in [1.82, 2.24) is 10.2 Å². The number of nitrogens with zero attached hydrogens (tertiary/aromatic N) is 1. The Labute approximate surface area is 108 Å². The molecule has 2 rings (SSSR count). The Bertz CT molecular complexity index is 356. The number of piperidine rings is 1. The molecule has 1 unspecified atom stereocenters. The fraction of sp³-hybridized carbons (Fsp3) is 0.643. The van der Waals surface area contributed by atoms with Crippen molar-refractivity contribution >= 4 is 5.91 Å². The van der Waals surface area contributed by atoms with Gasteiger partial charge in [-0.2, -0.15) is 0 Å². The van der Waals surface area contributed by atoms with Crippen molar-refractivity contribution in [3.05, 3.63) is 24.2 Å². The Balaban J connectivity index is 1.70. The Morgan fingerprint density at radius 3 is 3.11 bits per heavy atom. The molecule has 1 aliphatic rings. The molecule has 1 fully saturated rings. The first kappa shape index (κ1) is 13.1. The zero-order valence-electron chi connectivity index (χ0n) is 11.0. The second-order valence-corrected chi connectivity index (χ2v) is 5.07. The molecule has 0 aromatic carbocycles. The highest BCUT2D eigenvalue weighted by Gasteiger charge is 2.16. The van der Waals surface area contributed by atoms with Crippen molar-refractivity contribution in [3.63, 3.8) is 0 Å². The molecule has 0 bridgehead atoms. The molecule has 100 valence electrons. The van der Waals surface area contributed by atoms with E-state index in [-0.39, 0.29) is 5.91 Å². The SMILES string of the molecule is CN(Cc1ccoc1)C(=O)CCC1CCCCN1. The van der Waals surface area contributed by atoms with E-state index in [0.29, 0.717) is 19.0 Å². The van der Waals surface area contributed by atoms with Gasteiger partial charge in [0, 0.05) is 31.6 Å². The van der Waals surface area contributed by atoms with Crippen LogP contribution in [-0.2, 0) is 11.3 Å². The molecule has 0 radical (unpaired) electrons. The van der Waals surface area contributed by atoms with E-state index in [0.717, 1.165) is 18.5 Å². The minimum atomic E-state index is 0.212. The molecule has 1 atom stereocenters. The molecule has 1 saturated heterocycles. The summed E-state index contributed by atoms with van der Waals surface area (Å²) in [5, 5.41) is 3.47. The average Bonchev–Trinajstić information content (AvgIpc) is 2.90. The van der Waals surface area contributed by atoms with Gasteiger partial charge in [-0.05, 0) is 31.9 Å². The van der Waals surface area contributed by atoms with Crippen LogP contribution in [0.3, 0.4) is 0 Å². The van der Waals surface area contributed by atoms with Crippen LogP contribution in [0.4, 0.5) is 0 Å². The molecule has 1 N–H and O–H groups in total. The lowest BCUT2D eigenvalue weighted by atomic mass is 10.0. The molecular formula is C14H22N2O2. The number of rotatable bonds is 5. The normalized spacial score (nSPS) is 19.7. The van der Waals surface area contributed by atoms with Gasteiger partial charge in [0.05, 0.1) is 12.5 Å². The molecule has 4 nitrogen and oxygen atoms in total. The maximum Gasteiger partial charge on any atom is 0.222 e. The van der Waals surface area contributed by atoms with Crippen molar-refractivity contribution < 1.29 is 9.21 Å². The highest BCUT2D eigenvalue weighted by atomic mass is 16.3. The Hall–Kier alpha value is -1.29. The van der Waals surface area contributed by atoms with Crippen molar-refractivity contribution in [2.24, 2.45) is 0 Å². The van der Waals surface area contributed by atoms with Crippen LogP contribution in [0.15, 0.2) is 23.0 Å². The number of nitrogens with one attached hydrogen (secondary N) is 1. The van der Waals surface area contributed by atoms with E-state index in [1.807, 2.05) is 13.1 Å². The van der Waals surface area contributed by atoms with Gasteiger partial charge in [0.1, 0.15) is 0 Å². The molecule has 1 aliphatic heterocycles. The van der Waals surface area contributed by atoms with E-state index in [4.69, 9.17) is 4.42 Å². The topological polar surface area (TPSA) is 45.5 Å². The van der Waals surface area contributed by atoms with Crippen LogP contribution in [0.1, 0.15) is 37.7 Å². The van der Waals surface area contributed by atoms with Crippen LogP contribution >= 0.6 is 0 Å². The van der Waals surface area contributed by atoms with E-state index in [9.17, 15) is 4.79 Å². The van der Waals surface area contributed by atoms with Crippen molar-refractivity contribution in [1.29, 1.82) is 0 Å². The zero-order valence-corrected chi connectivity index (χ0v) is 11.0. The molecule has 4 heteroatoms. The molecule has 0 spiro atoms. The Morgan fingerprint density at radius 2 is 2.44 bits per heavy atom. The van der Waals surface area contributed by atoms with E-state index in [1.54, 1.807) is 17.4 Å². The first-order valence-corrected chi connectivity index (χ1v) is 6.74. The van der Waals surface area contributed by atoms with E-state index in [1.165, 1.54) is 19.3 Å². The van der Waals surface area contributed by atoms with Gasteiger partial charge in [-0.15, -0.1) is 0 Å². The summed E-state index contributed by atoms with van der Waals surface area (Å²) in [7, 11) is 1.85. The number of carbonyl (C=O) groups is 1. The maximum atomic E-state index is 12.0. The zero-order chi connectivity index (χ0) is 12.8. The van der Waals surface area contributed by atoms with Gasteiger partial charge in [-0.3, -0.25) is 4.79 Å². The fourth-order valence-corrected chi connectivity index (χ4v) is 2.40. The van der Waals surface area contributed by atoms with Crippen LogP contribution in [0.5, 0.6) is 0 Å². The summed E-state index contributed by atoms with van der Waals surface area (Å²) >= 11 is 0. The van der Waals surface area contributed by atoms with Crippen LogP contribution in [0.25, 0.3) is 0 Å². The number of furan rings is 1. The maximum absolute atomic E-state index is 12.0. The molecule has 2 heterocycles. The van der Waals surface area contributed by atoms with Gasteiger partial charge in [0.15, 0.2) is 0 Å². The molecular weight excluding hydrogens is 228 g/mol. The van der Waals surface area contributed by atoms with Crippen molar-refractivity contribution in [2.75, 3.05) is 13.6 Å². The summed E-state index contributed by atoms with van der Waals surface area (Å²) in [5.41, 5.74) is 1.04. The molecule has 0 saturated carbocycles. The van der Waals surface area contributed by atoms with Gasteiger partial charge in [-0.1, -0.05) is 6.42 Å². The largest absolute Gasteiger partial charge is 0.472 e. The minimum absolute atomic E-state index is 0.212.